The fourth-order valence-corrected chi connectivity index (χ4v) is 3.65. The molecule has 5 rings (SSSR count). The average Bonchev–Trinajstić information content (AvgIpc) is 3.54. The van der Waals surface area contributed by atoms with Crippen molar-refractivity contribution in [2.45, 2.75) is 12.8 Å². The van der Waals surface area contributed by atoms with E-state index < -0.39 is 0 Å². The number of ether oxygens (including phenoxy) is 1. The van der Waals surface area contributed by atoms with Gasteiger partial charge < -0.3 is 19.4 Å². The standard InChI is InChI=1S/C23H22N6O2/c1-30-19-13-17(9-10-18(19)20-14-24-15-31-20)25-22-26-21(16-7-3-2-4-8-16)27-23(28-22)29-11-5-6-12-29/h2-4,7-10,13-15H,5-6,11-12H2,1H3,(H,25,26,27,28). The van der Waals surface area contributed by atoms with Crippen LogP contribution in [0.5, 0.6) is 5.75 Å². The summed E-state index contributed by atoms with van der Waals surface area (Å²) in [7, 11) is 1.63. The van der Waals surface area contributed by atoms with E-state index in [0.29, 0.717) is 29.2 Å². The first-order valence-corrected chi connectivity index (χ1v) is 10.2. The monoisotopic (exact) mass is 414 g/mol. The van der Waals surface area contributed by atoms with Crippen molar-refractivity contribution in [2.24, 2.45) is 0 Å². The summed E-state index contributed by atoms with van der Waals surface area (Å²) >= 11 is 0. The molecule has 0 bridgehead atoms. The molecule has 8 nitrogen and oxygen atoms in total. The van der Waals surface area contributed by atoms with Crippen LogP contribution in [0.2, 0.25) is 0 Å². The Morgan fingerprint density at radius 3 is 2.58 bits per heavy atom. The molecule has 1 aliphatic heterocycles. The maximum Gasteiger partial charge on any atom is 0.232 e. The van der Waals surface area contributed by atoms with E-state index in [1.165, 1.54) is 6.39 Å². The molecule has 0 aliphatic carbocycles. The summed E-state index contributed by atoms with van der Waals surface area (Å²) in [4.78, 5) is 20.3. The Bertz CT molecular complexity index is 1160. The highest BCUT2D eigenvalue weighted by molar-refractivity contribution is 5.71. The lowest BCUT2D eigenvalue weighted by atomic mass is 10.1. The van der Waals surface area contributed by atoms with Gasteiger partial charge in [0, 0.05) is 30.4 Å². The minimum atomic E-state index is 0.491. The molecule has 2 aromatic carbocycles. The van der Waals surface area contributed by atoms with Gasteiger partial charge in [0.2, 0.25) is 11.9 Å². The first kappa shape index (κ1) is 19.0. The van der Waals surface area contributed by atoms with E-state index in [9.17, 15) is 0 Å². The smallest absolute Gasteiger partial charge is 0.232 e. The average molecular weight is 414 g/mol. The largest absolute Gasteiger partial charge is 0.496 e. The predicted octanol–water partition coefficient (Wildman–Crippen LogP) is 4.55. The van der Waals surface area contributed by atoms with Gasteiger partial charge in [0.25, 0.3) is 0 Å². The molecule has 31 heavy (non-hydrogen) atoms. The van der Waals surface area contributed by atoms with E-state index in [2.05, 4.69) is 25.2 Å². The highest BCUT2D eigenvalue weighted by Crippen LogP contribution is 2.33. The molecule has 3 heterocycles. The maximum atomic E-state index is 5.56. The number of oxazole rings is 1. The second-order valence-electron chi connectivity index (χ2n) is 7.25. The van der Waals surface area contributed by atoms with Crippen LogP contribution in [-0.4, -0.2) is 40.1 Å². The lowest BCUT2D eigenvalue weighted by Gasteiger charge is -2.17. The fourth-order valence-electron chi connectivity index (χ4n) is 3.65. The highest BCUT2D eigenvalue weighted by Gasteiger charge is 2.18. The van der Waals surface area contributed by atoms with Crippen LogP contribution in [0.3, 0.4) is 0 Å². The minimum Gasteiger partial charge on any atom is -0.496 e. The van der Waals surface area contributed by atoms with Gasteiger partial charge in [-0.1, -0.05) is 30.3 Å². The molecule has 0 saturated carbocycles. The third-order valence-corrected chi connectivity index (χ3v) is 5.20. The number of nitrogens with zero attached hydrogens (tertiary/aromatic N) is 5. The van der Waals surface area contributed by atoms with Gasteiger partial charge in [-0.15, -0.1) is 0 Å². The Kier molecular flexibility index (Phi) is 5.18. The van der Waals surface area contributed by atoms with Crippen molar-refractivity contribution in [1.29, 1.82) is 0 Å². The Balaban J connectivity index is 1.50. The summed E-state index contributed by atoms with van der Waals surface area (Å²) in [5, 5.41) is 3.31. The molecule has 8 heteroatoms. The molecule has 4 aromatic rings. The van der Waals surface area contributed by atoms with Gasteiger partial charge in [-0.2, -0.15) is 15.0 Å². The molecule has 0 radical (unpaired) electrons. The molecular formula is C23H22N6O2. The first-order chi connectivity index (χ1) is 15.3. The molecule has 0 atom stereocenters. The zero-order valence-corrected chi connectivity index (χ0v) is 17.2. The SMILES string of the molecule is COc1cc(Nc2nc(-c3ccccc3)nc(N3CCCC3)n2)ccc1-c1cnco1. The van der Waals surface area contributed by atoms with Gasteiger partial charge in [-0.3, -0.25) is 0 Å². The summed E-state index contributed by atoms with van der Waals surface area (Å²) in [6.45, 7) is 1.91. The predicted molar refractivity (Wildman–Crippen MR) is 118 cm³/mol. The van der Waals surface area contributed by atoms with Crippen LogP contribution in [0, 0.1) is 0 Å². The van der Waals surface area contributed by atoms with Gasteiger partial charge in [0.05, 0.1) is 18.9 Å². The summed E-state index contributed by atoms with van der Waals surface area (Å²) < 4.78 is 11.0. The van der Waals surface area contributed by atoms with Crippen molar-refractivity contribution >= 4 is 17.6 Å². The Morgan fingerprint density at radius 1 is 1.00 bits per heavy atom. The van der Waals surface area contributed by atoms with Crippen molar-refractivity contribution in [3.63, 3.8) is 0 Å². The van der Waals surface area contributed by atoms with Crippen LogP contribution in [-0.2, 0) is 0 Å². The fraction of sp³-hybridized carbons (Fsp3) is 0.217. The highest BCUT2D eigenvalue weighted by atomic mass is 16.5. The number of hydrogen-bond acceptors (Lipinski definition) is 8. The van der Waals surface area contributed by atoms with Crippen LogP contribution in [0.1, 0.15) is 12.8 Å². The number of benzene rings is 2. The van der Waals surface area contributed by atoms with E-state index in [-0.39, 0.29) is 0 Å². The zero-order valence-electron chi connectivity index (χ0n) is 17.2. The molecule has 1 saturated heterocycles. The summed E-state index contributed by atoms with van der Waals surface area (Å²) in [6.07, 6.45) is 5.35. The van der Waals surface area contributed by atoms with E-state index in [4.69, 9.17) is 14.1 Å². The Morgan fingerprint density at radius 2 is 1.84 bits per heavy atom. The lowest BCUT2D eigenvalue weighted by Crippen LogP contribution is -2.21. The van der Waals surface area contributed by atoms with Crippen molar-refractivity contribution < 1.29 is 9.15 Å². The number of aromatic nitrogens is 4. The third-order valence-electron chi connectivity index (χ3n) is 5.20. The molecule has 0 amide bonds. The van der Waals surface area contributed by atoms with Gasteiger partial charge in [0.1, 0.15) is 5.75 Å². The van der Waals surface area contributed by atoms with Crippen molar-refractivity contribution in [3.05, 3.63) is 61.1 Å². The van der Waals surface area contributed by atoms with Gasteiger partial charge >= 0.3 is 0 Å². The molecular weight excluding hydrogens is 392 g/mol. The van der Waals surface area contributed by atoms with E-state index in [1.807, 2.05) is 48.5 Å². The minimum absolute atomic E-state index is 0.491. The molecule has 0 spiro atoms. The Labute approximate surface area is 180 Å². The van der Waals surface area contributed by atoms with E-state index >= 15 is 0 Å². The number of anilines is 3. The first-order valence-electron chi connectivity index (χ1n) is 10.2. The van der Waals surface area contributed by atoms with Crippen molar-refractivity contribution in [1.82, 2.24) is 19.9 Å². The normalized spacial score (nSPS) is 13.4. The molecule has 2 aromatic heterocycles. The third kappa shape index (κ3) is 4.05. The lowest BCUT2D eigenvalue weighted by molar-refractivity contribution is 0.415. The Hall–Kier alpha value is -3.94. The van der Waals surface area contributed by atoms with Gasteiger partial charge in [-0.25, -0.2) is 4.98 Å². The van der Waals surface area contributed by atoms with Crippen molar-refractivity contribution in [2.75, 3.05) is 30.4 Å². The van der Waals surface area contributed by atoms with Crippen LogP contribution in [0.4, 0.5) is 17.6 Å². The summed E-state index contributed by atoms with van der Waals surface area (Å²) in [5.41, 5.74) is 2.58. The van der Waals surface area contributed by atoms with E-state index in [0.717, 1.165) is 42.7 Å². The number of hydrogen-bond donors (Lipinski definition) is 1. The summed E-state index contributed by atoms with van der Waals surface area (Å²) in [6, 6.07) is 15.7. The summed E-state index contributed by atoms with van der Waals surface area (Å²) in [5.74, 6) is 3.14. The second-order valence-corrected chi connectivity index (χ2v) is 7.25. The number of methoxy groups -OCH3 is 1. The number of rotatable bonds is 6. The zero-order chi connectivity index (χ0) is 21.0. The van der Waals surface area contributed by atoms with Gasteiger partial charge in [-0.05, 0) is 25.0 Å². The molecule has 156 valence electrons. The van der Waals surface area contributed by atoms with Crippen LogP contribution in [0.25, 0.3) is 22.7 Å². The molecule has 1 fully saturated rings. The van der Waals surface area contributed by atoms with Crippen LogP contribution in [0.15, 0.2) is 65.5 Å². The topological polar surface area (TPSA) is 89.2 Å². The number of nitrogens with one attached hydrogen (secondary N) is 1. The maximum absolute atomic E-state index is 5.56. The molecule has 0 unspecified atom stereocenters. The van der Waals surface area contributed by atoms with Gasteiger partial charge in [0.15, 0.2) is 18.0 Å². The molecule has 1 N–H and O–H groups in total. The van der Waals surface area contributed by atoms with Crippen LogP contribution >= 0.6 is 0 Å². The van der Waals surface area contributed by atoms with E-state index in [1.54, 1.807) is 13.3 Å². The van der Waals surface area contributed by atoms with Crippen molar-refractivity contribution in [3.8, 4) is 28.5 Å². The molecule has 1 aliphatic rings. The quantitative estimate of drug-likeness (QED) is 0.492. The van der Waals surface area contributed by atoms with Crippen LogP contribution < -0.4 is 15.0 Å². The second kappa shape index (κ2) is 8.43.